The second-order valence-electron chi connectivity index (χ2n) is 6.42. The molecular formula is C19H39NO. The zero-order valence-corrected chi connectivity index (χ0v) is 14.9. The fourth-order valence-electron chi connectivity index (χ4n) is 2.95. The van der Waals surface area contributed by atoms with Crippen LogP contribution in [0.25, 0.3) is 0 Å². The largest absolute Gasteiger partial charge is 0.359 e. The predicted molar refractivity (Wildman–Crippen MR) is 93.5 cm³/mol. The van der Waals surface area contributed by atoms with Crippen molar-refractivity contribution in [3.63, 3.8) is 0 Å². The van der Waals surface area contributed by atoms with Crippen LogP contribution in [0, 0.1) is 5.92 Å². The summed E-state index contributed by atoms with van der Waals surface area (Å²) in [5, 5.41) is 2.85. The maximum absolute atomic E-state index is 11.9. The average molecular weight is 298 g/mol. The molecule has 0 saturated carbocycles. The minimum absolute atomic E-state index is 0.257. The van der Waals surface area contributed by atoms with Gasteiger partial charge in [-0.3, -0.25) is 4.79 Å². The minimum atomic E-state index is 0.257. The minimum Gasteiger partial charge on any atom is -0.359 e. The lowest BCUT2D eigenvalue weighted by Crippen LogP contribution is -2.27. The van der Waals surface area contributed by atoms with Crippen LogP contribution in [0.4, 0.5) is 0 Å². The number of hydrogen-bond acceptors (Lipinski definition) is 1. The molecule has 0 rings (SSSR count). The van der Waals surface area contributed by atoms with Gasteiger partial charge in [0.1, 0.15) is 0 Å². The van der Waals surface area contributed by atoms with Gasteiger partial charge in [0, 0.05) is 13.0 Å². The third-order valence-electron chi connectivity index (χ3n) is 4.43. The number of unbranched alkanes of at least 4 members (excludes halogenated alkanes) is 10. The Bertz CT molecular complexity index is 212. The van der Waals surface area contributed by atoms with Crippen molar-refractivity contribution in [2.45, 2.75) is 104 Å². The predicted octanol–water partition coefficient (Wildman–Crippen LogP) is 5.85. The molecule has 126 valence electrons. The highest BCUT2D eigenvalue weighted by atomic mass is 16.1. The van der Waals surface area contributed by atoms with Crippen LogP contribution < -0.4 is 5.32 Å². The first kappa shape index (κ1) is 20.5. The van der Waals surface area contributed by atoms with Gasteiger partial charge in [-0.05, 0) is 12.8 Å². The molecule has 0 atom stereocenters. The van der Waals surface area contributed by atoms with Crippen molar-refractivity contribution in [3.8, 4) is 0 Å². The van der Waals surface area contributed by atoms with E-state index < -0.39 is 0 Å². The van der Waals surface area contributed by atoms with Gasteiger partial charge in [-0.1, -0.05) is 90.9 Å². The molecule has 0 aliphatic rings. The van der Waals surface area contributed by atoms with Crippen molar-refractivity contribution in [2.75, 3.05) is 7.05 Å². The quantitative estimate of drug-likeness (QED) is 0.377. The standard InChI is InChI=1S/C19H39NO/c1-4-6-8-10-12-14-16-18(19(21)20-3)17-15-13-11-9-7-5-2/h18H,4-17H2,1-3H3,(H,20,21). The maximum Gasteiger partial charge on any atom is 0.222 e. The summed E-state index contributed by atoms with van der Waals surface area (Å²) in [6.45, 7) is 4.50. The summed E-state index contributed by atoms with van der Waals surface area (Å²) in [7, 11) is 1.78. The molecule has 0 aliphatic carbocycles. The molecule has 0 heterocycles. The summed E-state index contributed by atoms with van der Waals surface area (Å²) in [6, 6.07) is 0. The maximum atomic E-state index is 11.9. The molecule has 2 heteroatoms. The van der Waals surface area contributed by atoms with Crippen LogP contribution in [0.15, 0.2) is 0 Å². The molecule has 1 N–H and O–H groups in total. The van der Waals surface area contributed by atoms with Gasteiger partial charge in [-0.2, -0.15) is 0 Å². The summed E-state index contributed by atoms with van der Waals surface area (Å²) in [5.41, 5.74) is 0. The summed E-state index contributed by atoms with van der Waals surface area (Å²) >= 11 is 0. The van der Waals surface area contributed by atoms with Crippen LogP contribution in [0.1, 0.15) is 104 Å². The SMILES string of the molecule is CCCCCCCCC(CCCCCCCC)C(=O)NC. The molecule has 0 fully saturated rings. The second kappa shape index (κ2) is 15.9. The molecule has 0 unspecified atom stereocenters. The third kappa shape index (κ3) is 12.9. The first-order chi connectivity index (χ1) is 10.3. The number of rotatable bonds is 15. The van der Waals surface area contributed by atoms with E-state index in [4.69, 9.17) is 0 Å². The lowest BCUT2D eigenvalue weighted by atomic mass is 9.93. The Labute approximate surface area is 133 Å². The van der Waals surface area contributed by atoms with Crippen LogP contribution >= 0.6 is 0 Å². The molecule has 0 aliphatic heterocycles. The molecule has 0 radical (unpaired) electrons. The van der Waals surface area contributed by atoms with Crippen LogP contribution in [-0.4, -0.2) is 13.0 Å². The fourth-order valence-corrected chi connectivity index (χ4v) is 2.95. The van der Waals surface area contributed by atoms with Gasteiger partial charge in [0.15, 0.2) is 0 Å². The van der Waals surface area contributed by atoms with Crippen molar-refractivity contribution in [2.24, 2.45) is 5.92 Å². The number of amides is 1. The van der Waals surface area contributed by atoms with Crippen LogP contribution in [0.3, 0.4) is 0 Å². The van der Waals surface area contributed by atoms with E-state index in [1.54, 1.807) is 7.05 Å². The Morgan fingerprint density at radius 1 is 0.714 bits per heavy atom. The van der Waals surface area contributed by atoms with E-state index in [0.717, 1.165) is 12.8 Å². The van der Waals surface area contributed by atoms with Gasteiger partial charge >= 0.3 is 0 Å². The number of carbonyl (C=O) groups is 1. The topological polar surface area (TPSA) is 29.1 Å². The number of hydrogen-bond donors (Lipinski definition) is 1. The summed E-state index contributed by atoms with van der Waals surface area (Å²) in [6.07, 6.45) is 17.9. The lowest BCUT2D eigenvalue weighted by molar-refractivity contribution is -0.125. The molecule has 0 spiro atoms. The van der Waals surface area contributed by atoms with Crippen LogP contribution in [0.2, 0.25) is 0 Å². The summed E-state index contributed by atoms with van der Waals surface area (Å²) in [4.78, 5) is 11.9. The van der Waals surface area contributed by atoms with Crippen molar-refractivity contribution >= 4 is 5.91 Å². The van der Waals surface area contributed by atoms with Gasteiger partial charge in [-0.25, -0.2) is 0 Å². The number of nitrogens with one attached hydrogen (secondary N) is 1. The molecule has 0 bridgehead atoms. The first-order valence-corrected chi connectivity index (χ1v) is 9.47. The summed E-state index contributed by atoms with van der Waals surface area (Å²) in [5.74, 6) is 0.518. The van der Waals surface area contributed by atoms with Gasteiger partial charge in [-0.15, -0.1) is 0 Å². The van der Waals surface area contributed by atoms with Gasteiger partial charge in [0.25, 0.3) is 0 Å². The van der Waals surface area contributed by atoms with Gasteiger partial charge in [0.2, 0.25) is 5.91 Å². The zero-order chi connectivity index (χ0) is 15.8. The average Bonchev–Trinajstić information content (AvgIpc) is 2.51. The van der Waals surface area contributed by atoms with E-state index in [9.17, 15) is 4.79 Å². The van der Waals surface area contributed by atoms with E-state index in [1.165, 1.54) is 77.0 Å². The van der Waals surface area contributed by atoms with Crippen molar-refractivity contribution in [1.29, 1.82) is 0 Å². The van der Waals surface area contributed by atoms with Gasteiger partial charge in [0.05, 0.1) is 0 Å². The smallest absolute Gasteiger partial charge is 0.222 e. The molecule has 0 aromatic carbocycles. The molecule has 21 heavy (non-hydrogen) atoms. The third-order valence-corrected chi connectivity index (χ3v) is 4.43. The summed E-state index contributed by atoms with van der Waals surface area (Å²) < 4.78 is 0. The Kier molecular flexibility index (Phi) is 15.5. The number of carbonyl (C=O) groups excluding carboxylic acids is 1. The van der Waals surface area contributed by atoms with Crippen molar-refractivity contribution in [1.82, 2.24) is 5.32 Å². The van der Waals surface area contributed by atoms with Gasteiger partial charge < -0.3 is 5.32 Å². The van der Waals surface area contributed by atoms with E-state index in [1.807, 2.05) is 0 Å². The normalized spacial score (nSPS) is 11.0. The molecular weight excluding hydrogens is 258 g/mol. The van der Waals surface area contributed by atoms with Crippen LogP contribution in [-0.2, 0) is 4.79 Å². The molecule has 0 aromatic heterocycles. The van der Waals surface area contributed by atoms with E-state index in [2.05, 4.69) is 19.2 Å². The zero-order valence-electron chi connectivity index (χ0n) is 14.9. The second-order valence-corrected chi connectivity index (χ2v) is 6.42. The van der Waals surface area contributed by atoms with E-state index in [0.29, 0.717) is 0 Å². The van der Waals surface area contributed by atoms with E-state index >= 15 is 0 Å². The Morgan fingerprint density at radius 2 is 1.10 bits per heavy atom. The lowest BCUT2D eigenvalue weighted by Gasteiger charge is -2.15. The molecule has 1 amide bonds. The molecule has 0 aromatic rings. The Morgan fingerprint density at radius 3 is 1.48 bits per heavy atom. The highest BCUT2D eigenvalue weighted by Gasteiger charge is 2.15. The van der Waals surface area contributed by atoms with Crippen molar-refractivity contribution in [3.05, 3.63) is 0 Å². The van der Waals surface area contributed by atoms with Crippen molar-refractivity contribution < 1.29 is 4.79 Å². The highest BCUT2D eigenvalue weighted by Crippen LogP contribution is 2.19. The molecule has 0 saturated heterocycles. The monoisotopic (exact) mass is 297 g/mol. The van der Waals surface area contributed by atoms with Crippen LogP contribution in [0.5, 0.6) is 0 Å². The Balaban J connectivity index is 3.70. The molecule has 2 nitrogen and oxygen atoms in total. The Hall–Kier alpha value is -0.530. The highest BCUT2D eigenvalue weighted by molar-refractivity contribution is 5.78. The fraction of sp³-hybridized carbons (Fsp3) is 0.947. The van der Waals surface area contributed by atoms with E-state index in [-0.39, 0.29) is 11.8 Å². The first-order valence-electron chi connectivity index (χ1n) is 9.47.